The average molecular weight is 636 g/mol. The first-order valence-corrected chi connectivity index (χ1v) is 12.6. The molecule has 4 amide bonds. The number of carbonyl (C=O) groups excluding carboxylic acids is 4. The summed E-state index contributed by atoms with van der Waals surface area (Å²) >= 11 is 0. The van der Waals surface area contributed by atoms with Crippen molar-refractivity contribution in [3.63, 3.8) is 0 Å². The molecule has 0 fully saturated rings. The molecule has 246 valence electrons. The summed E-state index contributed by atoms with van der Waals surface area (Å²) < 4.78 is 0. The van der Waals surface area contributed by atoms with Crippen molar-refractivity contribution in [3.8, 4) is 0 Å². The van der Waals surface area contributed by atoms with Crippen molar-refractivity contribution in [2.75, 3.05) is 0 Å². The summed E-state index contributed by atoms with van der Waals surface area (Å²) in [6.07, 6.45) is -5.98. The quantitative estimate of drug-likeness (QED) is 0.0538. The summed E-state index contributed by atoms with van der Waals surface area (Å²) in [5, 5.41) is 61.8. The Morgan fingerprint density at radius 1 is 0.432 bits per heavy atom. The Labute approximate surface area is 247 Å². The number of carboxylic acid groups (broad SMARTS) is 6. The minimum Gasteiger partial charge on any atom is -0.481 e. The van der Waals surface area contributed by atoms with E-state index < -0.39 is 135 Å². The third-order valence-corrected chi connectivity index (χ3v) is 5.57. The Morgan fingerprint density at radius 2 is 0.750 bits per heavy atom. The molecule has 0 aromatic rings. The van der Waals surface area contributed by atoms with Gasteiger partial charge in [-0.15, -0.1) is 0 Å². The van der Waals surface area contributed by atoms with Crippen molar-refractivity contribution in [1.82, 2.24) is 21.3 Å². The van der Waals surface area contributed by atoms with Crippen LogP contribution in [0.3, 0.4) is 0 Å². The van der Waals surface area contributed by atoms with Gasteiger partial charge >= 0.3 is 35.8 Å². The van der Waals surface area contributed by atoms with E-state index >= 15 is 0 Å². The number of carboxylic acids is 6. The van der Waals surface area contributed by atoms with Gasteiger partial charge in [0.2, 0.25) is 23.6 Å². The molecule has 12 N–H and O–H groups in total. The number of nitrogens with one attached hydrogen (secondary N) is 4. The van der Waals surface area contributed by atoms with E-state index in [0.717, 1.165) is 0 Å². The Bertz CT molecular complexity index is 1140. The summed E-state index contributed by atoms with van der Waals surface area (Å²) in [7, 11) is 0. The van der Waals surface area contributed by atoms with Crippen LogP contribution < -0.4 is 27.0 Å². The molecule has 0 aromatic heterocycles. The van der Waals surface area contributed by atoms with Gasteiger partial charge < -0.3 is 57.6 Å². The van der Waals surface area contributed by atoms with Crippen molar-refractivity contribution in [1.29, 1.82) is 0 Å². The highest BCUT2D eigenvalue weighted by atomic mass is 16.4. The lowest BCUT2D eigenvalue weighted by molar-refractivity contribution is -0.147. The first kappa shape index (κ1) is 38.7. The fraction of sp³-hybridized carbons (Fsp3) is 0.565. The van der Waals surface area contributed by atoms with E-state index in [9.17, 15) is 47.9 Å². The van der Waals surface area contributed by atoms with Crippen molar-refractivity contribution in [3.05, 3.63) is 0 Å². The van der Waals surface area contributed by atoms with Crippen LogP contribution in [0, 0.1) is 0 Å². The van der Waals surface area contributed by atoms with Crippen LogP contribution in [-0.4, -0.2) is 120 Å². The minimum absolute atomic E-state index is 0.388. The molecule has 21 heteroatoms. The highest BCUT2D eigenvalue weighted by molar-refractivity contribution is 5.97. The zero-order valence-electron chi connectivity index (χ0n) is 22.9. The van der Waals surface area contributed by atoms with Gasteiger partial charge in [-0.05, 0) is 19.3 Å². The van der Waals surface area contributed by atoms with E-state index in [4.69, 9.17) is 36.4 Å². The molecule has 0 saturated carbocycles. The molecule has 0 bridgehead atoms. The number of aliphatic carboxylic acids is 6. The van der Waals surface area contributed by atoms with E-state index in [-0.39, 0.29) is 6.42 Å². The van der Waals surface area contributed by atoms with Gasteiger partial charge in [-0.3, -0.25) is 43.2 Å². The Hall–Kier alpha value is -5.34. The van der Waals surface area contributed by atoms with Gasteiger partial charge in [0.1, 0.15) is 24.2 Å². The van der Waals surface area contributed by atoms with Crippen LogP contribution in [-0.2, 0) is 47.9 Å². The predicted octanol–water partition coefficient (Wildman–Crippen LogP) is -4.12. The summed E-state index contributed by atoms with van der Waals surface area (Å²) in [4.78, 5) is 117. The maximum atomic E-state index is 13.0. The van der Waals surface area contributed by atoms with E-state index in [1.807, 2.05) is 21.3 Å². The summed E-state index contributed by atoms with van der Waals surface area (Å²) in [6.45, 7) is 0. The molecule has 0 aromatic carbocycles. The third-order valence-electron chi connectivity index (χ3n) is 5.57. The Balaban J connectivity index is 6.02. The molecular formula is C23H33N5O16. The fourth-order valence-electron chi connectivity index (χ4n) is 3.34. The highest BCUT2D eigenvalue weighted by Crippen LogP contribution is 2.06. The van der Waals surface area contributed by atoms with E-state index in [2.05, 4.69) is 0 Å². The standard InChI is InChI=1S/C23H33N5O16/c24-9(1-4-14(29)30)19(39)27-12(7-17(35)36)22(42)26-10(2-5-15(31)32)20(40)25-11(3-6-16(33)34)21(41)28-13(23(43)44)8-18(37)38/h9-13H,1-8,24H2,(H,25,40)(H,26,42)(H,27,39)(H,28,41)(H,29,30)(H,31,32)(H,33,34)(H,35,36)(H,37,38)(H,43,44)/t9-,10-,11-,12-,13-/m0/s1. The molecule has 0 radical (unpaired) electrons. The number of carbonyl (C=O) groups is 10. The number of hydrogen-bond donors (Lipinski definition) is 11. The molecule has 0 heterocycles. The van der Waals surface area contributed by atoms with Crippen LogP contribution in [0.2, 0.25) is 0 Å². The van der Waals surface area contributed by atoms with Gasteiger partial charge in [0.25, 0.3) is 0 Å². The predicted molar refractivity (Wildman–Crippen MR) is 138 cm³/mol. The molecule has 5 atom stereocenters. The van der Waals surface area contributed by atoms with Crippen molar-refractivity contribution in [2.45, 2.75) is 81.6 Å². The SMILES string of the molecule is N[C@@H](CCC(=O)O)C(=O)N[C@@H](CC(=O)O)C(=O)N[C@@H](CCC(=O)O)C(=O)N[C@@H](CCC(=O)O)C(=O)N[C@@H](CC(=O)O)C(=O)O. The zero-order valence-corrected chi connectivity index (χ0v) is 22.9. The first-order chi connectivity index (χ1) is 20.3. The molecule has 0 spiro atoms. The maximum Gasteiger partial charge on any atom is 0.326 e. The lowest BCUT2D eigenvalue weighted by Gasteiger charge is -2.25. The minimum atomic E-state index is -1.99. The summed E-state index contributed by atoms with van der Waals surface area (Å²) in [6, 6.07) is -9.06. The smallest absolute Gasteiger partial charge is 0.326 e. The second kappa shape index (κ2) is 19.0. The lowest BCUT2D eigenvalue weighted by atomic mass is 10.1. The largest absolute Gasteiger partial charge is 0.481 e. The number of nitrogens with two attached hydrogens (primary N) is 1. The Morgan fingerprint density at radius 3 is 1.11 bits per heavy atom. The van der Waals surface area contributed by atoms with Crippen LogP contribution in [0.1, 0.15) is 51.4 Å². The van der Waals surface area contributed by atoms with E-state index in [1.54, 1.807) is 0 Å². The molecule has 0 rings (SSSR count). The highest BCUT2D eigenvalue weighted by Gasteiger charge is 2.33. The third kappa shape index (κ3) is 16.2. The van der Waals surface area contributed by atoms with Crippen LogP contribution in [0.25, 0.3) is 0 Å². The van der Waals surface area contributed by atoms with Gasteiger partial charge in [-0.25, -0.2) is 4.79 Å². The van der Waals surface area contributed by atoms with Gasteiger partial charge in [-0.1, -0.05) is 0 Å². The van der Waals surface area contributed by atoms with Crippen molar-refractivity contribution in [2.24, 2.45) is 5.73 Å². The number of amides is 4. The van der Waals surface area contributed by atoms with Crippen LogP contribution in [0.4, 0.5) is 0 Å². The van der Waals surface area contributed by atoms with Gasteiger partial charge in [0.15, 0.2) is 0 Å². The molecule has 0 aliphatic heterocycles. The number of rotatable bonds is 22. The second-order valence-corrected chi connectivity index (χ2v) is 9.18. The topological polar surface area (TPSA) is 366 Å². The lowest BCUT2D eigenvalue weighted by Crippen LogP contribution is -2.59. The molecular weight excluding hydrogens is 602 g/mol. The fourth-order valence-corrected chi connectivity index (χ4v) is 3.34. The zero-order chi connectivity index (χ0) is 34.1. The molecule has 0 saturated heterocycles. The van der Waals surface area contributed by atoms with Crippen LogP contribution in [0.5, 0.6) is 0 Å². The second-order valence-electron chi connectivity index (χ2n) is 9.18. The molecule has 44 heavy (non-hydrogen) atoms. The maximum absolute atomic E-state index is 13.0. The molecule has 0 aliphatic carbocycles. The average Bonchev–Trinajstić information content (AvgIpc) is 2.89. The monoisotopic (exact) mass is 635 g/mol. The molecule has 21 nitrogen and oxygen atoms in total. The van der Waals surface area contributed by atoms with Crippen LogP contribution in [0.15, 0.2) is 0 Å². The van der Waals surface area contributed by atoms with Crippen molar-refractivity contribution >= 4 is 59.4 Å². The van der Waals surface area contributed by atoms with Gasteiger partial charge in [-0.2, -0.15) is 0 Å². The summed E-state index contributed by atoms with van der Waals surface area (Å²) in [5.74, 6) is -14.3. The van der Waals surface area contributed by atoms with Crippen molar-refractivity contribution < 1.29 is 78.6 Å². The van der Waals surface area contributed by atoms with Gasteiger partial charge in [0.05, 0.1) is 18.9 Å². The molecule has 0 aliphatic rings. The normalized spacial score (nSPS) is 13.9. The first-order valence-electron chi connectivity index (χ1n) is 12.6. The summed E-state index contributed by atoms with van der Waals surface area (Å²) in [5.41, 5.74) is 5.55. The van der Waals surface area contributed by atoms with E-state index in [0.29, 0.717) is 0 Å². The molecule has 0 unspecified atom stereocenters. The Kier molecular flexibility index (Phi) is 16.7. The number of hydrogen-bond acceptors (Lipinski definition) is 11. The van der Waals surface area contributed by atoms with Crippen LogP contribution >= 0.6 is 0 Å². The van der Waals surface area contributed by atoms with E-state index in [1.165, 1.54) is 0 Å². The van der Waals surface area contributed by atoms with Gasteiger partial charge in [0, 0.05) is 19.3 Å².